The number of fused-ring (bicyclic) bond motifs is 1. The van der Waals surface area contributed by atoms with E-state index in [1.807, 2.05) is 13.0 Å². The number of ether oxygens (including phenoxy) is 1. The molecule has 0 amide bonds. The lowest BCUT2D eigenvalue weighted by Gasteiger charge is -2.19. The van der Waals surface area contributed by atoms with Gasteiger partial charge in [-0.2, -0.15) is 0 Å². The predicted molar refractivity (Wildman–Crippen MR) is 146 cm³/mol. The Morgan fingerprint density at radius 3 is 2.38 bits per heavy atom. The second-order valence-electron chi connectivity index (χ2n) is 8.32. The number of nitrogens with zero attached hydrogens (tertiary/aromatic N) is 1. The van der Waals surface area contributed by atoms with Crippen LogP contribution in [-0.2, 0) is 30.3 Å². The van der Waals surface area contributed by atoms with Gasteiger partial charge in [0.1, 0.15) is 0 Å². The first-order valence-corrected chi connectivity index (χ1v) is 15.2. The fraction of sp³-hybridized carbons (Fsp3) is 0.222. The SMILES string of the molecule is CCCc1cccc(P(=O)(OC)c2c(C(=O)OCC)n(S(=O)(=O)c3ccccc3)c3ccc(Cl)cc23)c1. The Morgan fingerprint density at radius 1 is 1.00 bits per heavy atom. The molecule has 1 unspecified atom stereocenters. The van der Waals surface area contributed by atoms with Gasteiger partial charge in [0.2, 0.25) is 0 Å². The fourth-order valence-corrected chi connectivity index (χ4v) is 8.37. The monoisotopic (exact) mass is 559 g/mol. The van der Waals surface area contributed by atoms with Crippen molar-refractivity contribution in [1.29, 1.82) is 0 Å². The minimum atomic E-state index is -4.32. The molecule has 0 saturated carbocycles. The van der Waals surface area contributed by atoms with Gasteiger partial charge in [0.15, 0.2) is 5.69 Å². The van der Waals surface area contributed by atoms with Crippen LogP contribution in [0.5, 0.6) is 0 Å². The number of carbonyl (C=O) groups is 1. The minimum absolute atomic E-state index is 0.0186. The Morgan fingerprint density at radius 2 is 1.73 bits per heavy atom. The van der Waals surface area contributed by atoms with Crippen molar-refractivity contribution in [2.45, 2.75) is 31.6 Å². The molecule has 0 N–H and O–H groups in total. The first kappa shape index (κ1) is 27.1. The molecule has 0 saturated heterocycles. The summed E-state index contributed by atoms with van der Waals surface area (Å²) in [4.78, 5) is 13.4. The molecule has 0 radical (unpaired) electrons. The Kier molecular flexibility index (Phi) is 7.95. The van der Waals surface area contributed by atoms with Crippen molar-refractivity contribution < 1.29 is 27.0 Å². The number of halogens is 1. The highest BCUT2D eigenvalue weighted by Gasteiger charge is 2.41. The number of hydrogen-bond donors (Lipinski definition) is 0. The summed E-state index contributed by atoms with van der Waals surface area (Å²) in [5.41, 5.74) is 0.691. The molecule has 4 rings (SSSR count). The lowest BCUT2D eigenvalue weighted by atomic mass is 10.1. The lowest BCUT2D eigenvalue weighted by molar-refractivity contribution is 0.0520. The number of esters is 1. The average Bonchev–Trinajstić information content (AvgIpc) is 3.25. The molecule has 0 bridgehead atoms. The number of aromatic nitrogens is 1. The van der Waals surface area contributed by atoms with Gasteiger partial charge in [-0.3, -0.25) is 4.57 Å². The van der Waals surface area contributed by atoms with Crippen LogP contribution in [0.4, 0.5) is 0 Å². The van der Waals surface area contributed by atoms with Crippen LogP contribution in [0.2, 0.25) is 5.02 Å². The van der Waals surface area contributed by atoms with Gasteiger partial charge in [0.05, 0.1) is 22.3 Å². The summed E-state index contributed by atoms with van der Waals surface area (Å²) >= 11 is 6.32. The number of carbonyl (C=O) groups excluding carboxylic acids is 1. The van der Waals surface area contributed by atoms with E-state index in [9.17, 15) is 17.8 Å². The first-order chi connectivity index (χ1) is 17.7. The van der Waals surface area contributed by atoms with Gasteiger partial charge >= 0.3 is 5.97 Å². The summed E-state index contributed by atoms with van der Waals surface area (Å²) in [7, 11) is -7.06. The maximum absolute atomic E-state index is 14.8. The van der Waals surface area contributed by atoms with E-state index in [-0.39, 0.29) is 38.4 Å². The number of aryl methyl sites for hydroxylation is 1. The average molecular weight is 560 g/mol. The van der Waals surface area contributed by atoms with Crippen molar-refractivity contribution >= 4 is 56.5 Å². The zero-order valence-corrected chi connectivity index (χ0v) is 23.1. The Balaban J connectivity index is 2.18. The summed E-state index contributed by atoms with van der Waals surface area (Å²) in [6.07, 6.45) is 1.62. The zero-order valence-electron chi connectivity index (χ0n) is 20.7. The van der Waals surface area contributed by atoms with Crippen LogP contribution in [0.1, 0.15) is 36.3 Å². The van der Waals surface area contributed by atoms with Crippen LogP contribution in [0.3, 0.4) is 0 Å². The summed E-state index contributed by atoms with van der Waals surface area (Å²) in [6.45, 7) is 3.62. The van der Waals surface area contributed by atoms with E-state index in [1.165, 1.54) is 37.4 Å². The smallest absolute Gasteiger partial charge is 0.356 e. The number of hydrogen-bond acceptors (Lipinski definition) is 6. The van der Waals surface area contributed by atoms with E-state index in [4.69, 9.17) is 20.9 Å². The molecule has 0 aliphatic carbocycles. The molecular formula is C27H27ClNO6PS. The Bertz CT molecular complexity index is 1610. The van der Waals surface area contributed by atoms with Gasteiger partial charge in [-0.15, -0.1) is 0 Å². The topological polar surface area (TPSA) is 91.7 Å². The highest BCUT2D eigenvalue weighted by molar-refractivity contribution is 7.90. The molecule has 1 atom stereocenters. The van der Waals surface area contributed by atoms with Crippen LogP contribution >= 0.6 is 19.0 Å². The van der Waals surface area contributed by atoms with Crippen molar-refractivity contribution in [1.82, 2.24) is 3.97 Å². The molecule has 0 fully saturated rings. The molecule has 1 aromatic heterocycles. The molecule has 4 aromatic rings. The molecule has 7 nitrogen and oxygen atoms in total. The highest BCUT2D eigenvalue weighted by atomic mass is 35.5. The minimum Gasteiger partial charge on any atom is -0.461 e. The predicted octanol–water partition coefficient (Wildman–Crippen LogP) is 5.54. The number of benzene rings is 3. The number of rotatable bonds is 9. The fourth-order valence-electron chi connectivity index (χ4n) is 4.35. The second-order valence-corrected chi connectivity index (χ2v) is 13.0. The maximum atomic E-state index is 14.8. The van der Waals surface area contributed by atoms with E-state index in [2.05, 4.69) is 0 Å². The summed E-state index contributed by atoms with van der Waals surface area (Å²) < 4.78 is 54.6. The standard InChI is InChI=1S/C27H27ClNO6PS/c1-4-10-19-11-9-12-21(17-19)36(31,34-3)26-23-18-20(28)15-16-24(23)29(25(26)27(30)35-5-2)37(32,33)22-13-7-6-8-14-22/h6-9,11-18H,4-5,10H2,1-3H3. The van der Waals surface area contributed by atoms with E-state index in [0.29, 0.717) is 5.30 Å². The first-order valence-electron chi connectivity index (χ1n) is 11.8. The van der Waals surface area contributed by atoms with Crippen molar-refractivity contribution in [2.75, 3.05) is 13.7 Å². The van der Waals surface area contributed by atoms with Gasteiger partial charge < -0.3 is 9.26 Å². The van der Waals surface area contributed by atoms with E-state index in [0.717, 1.165) is 22.4 Å². The largest absolute Gasteiger partial charge is 0.461 e. The molecule has 1 heterocycles. The third-order valence-corrected chi connectivity index (χ3v) is 10.4. The maximum Gasteiger partial charge on any atom is 0.356 e. The zero-order chi connectivity index (χ0) is 26.8. The molecular weight excluding hydrogens is 533 g/mol. The van der Waals surface area contributed by atoms with Gasteiger partial charge in [0.25, 0.3) is 17.4 Å². The van der Waals surface area contributed by atoms with E-state index >= 15 is 0 Å². The quantitative estimate of drug-likeness (QED) is 0.198. The molecule has 0 spiro atoms. The van der Waals surface area contributed by atoms with Crippen LogP contribution in [0.25, 0.3) is 10.9 Å². The third kappa shape index (κ3) is 4.87. The Labute approximate surface area is 221 Å². The molecule has 194 valence electrons. The van der Waals surface area contributed by atoms with Crippen LogP contribution in [0, 0.1) is 0 Å². The Hall–Kier alpha value is -2.90. The molecule has 37 heavy (non-hydrogen) atoms. The van der Waals surface area contributed by atoms with Gasteiger partial charge in [0, 0.05) is 22.8 Å². The van der Waals surface area contributed by atoms with Crippen LogP contribution in [-0.4, -0.2) is 32.1 Å². The third-order valence-electron chi connectivity index (χ3n) is 5.95. The summed E-state index contributed by atoms with van der Waals surface area (Å²) in [6, 6.07) is 19.3. The van der Waals surface area contributed by atoms with E-state index < -0.39 is 23.4 Å². The van der Waals surface area contributed by atoms with Crippen molar-refractivity contribution in [2.24, 2.45) is 0 Å². The molecule has 0 aliphatic rings. The van der Waals surface area contributed by atoms with Crippen LogP contribution in [0.15, 0.2) is 77.7 Å². The molecule has 3 aromatic carbocycles. The van der Waals surface area contributed by atoms with Crippen LogP contribution < -0.4 is 10.6 Å². The van der Waals surface area contributed by atoms with Crippen molar-refractivity contribution in [3.63, 3.8) is 0 Å². The second kappa shape index (κ2) is 10.8. The van der Waals surface area contributed by atoms with E-state index in [1.54, 1.807) is 43.3 Å². The van der Waals surface area contributed by atoms with Crippen molar-refractivity contribution in [3.8, 4) is 0 Å². The lowest BCUT2D eigenvalue weighted by Crippen LogP contribution is -2.28. The normalized spacial score (nSPS) is 13.4. The molecule has 0 aliphatic heterocycles. The molecule has 10 heteroatoms. The van der Waals surface area contributed by atoms with Gasteiger partial charge in [-0.1, -0.05) is 55.3 Å². The van der Waals surface area contributed by atoms with Crippen molar-refractivity contribution in [3.05, 3.63) is 89.1 Å². The van der Waals surface area contributed by atoms with Gasteiger partial charge in [-0.05, 0) is 61.4 Å². The summed E-state index contributed by atoms with van der Waals surface area (Å²) in [5.74, 6) is -0.939. The highest BCUT2D eigenvalue weighted by Crippen LogP contribution is 2.48. The van der Waals surface area contributed by atoms with Gasteiger partial charge in [-0.25, -0.2) is 17.2 Å². The summed E-state index contributed by atoms with van der Waals surface area (Å²) in [5, 5.41) is 0.767.